The molecule has 0 unspecified atom stereocenters. The van der Waals surface area contributed by atoms with E-state index in [4.69, 9.17) is 5.11 Å². The fraction of sp³-hybridized carbons (Fsp3) is 0.444. The summed E-state index contributed by atoms with van der Waals surface area (Å²) in [6, 6.07) is 3.39. The van der Waals surface area contributed by atoms with Gasteiger partial charge in [0.15, 0.2) is 0 Å². The van der Waals surface area contributed by atoms with Crippen LogP contribution in [0.4, 0.5) is 5.69 Å². The number of rotatable bonds is 4. The SMILES string of the molecule is Cc1ccc(NS(=O)(=O)CCO)c(C)n1. The van der Waals surface area contributed by atoms with E-state index in [0.717, 1.165) is 5.69 Å². The van der Waals surface area contributed by atoms with Gasteiger partial charge in [-0.15, -0.1) is 0 Å². The Morgan fingerprint density at radius 1 is 1.40 bits per heavy atom. The summed E-state index contributed by atoms with van der Waals surface area (Å²) in [6.45, 7) is 3.16. The molecule has 0 aliphatic carbocycles. The number of anilines is 1. The molecule has 84 valence electrons. The van der Waals surface area contributed by atoms with Crippen LogP contribution in [0.2, 0.25) is 0 Å². The van der Waals surface area contributed by atoms with Crippen molar-refractivity contribution >= 4 is 15.7 Å². The maximum atomic E-state index is 11.3. The van der Waals surface area contributed by atoms with Crippen molar-refractivity contribution in [2.24, 2.45) is 0 Å². The van der Waals surface area contributed by atoms with E-state index >= 15 is 0 Å². The Morgan fingerprint density at radius 3 is 2.60 bits per heavy atom. The van der Waals surface area contributed by atoms with E-state index < -0.39 is 16.6 Å². The van der Waals surface area contributed by atoms with Gasteiger partial charge in [-0.3, -0.25) is 9.71 Å². The predicted molar refractivity (Wildman–Crippen MR) is 58.2 cm³/mol. The average Bonchev–Trinajstić information content (AvgIpc) is 2.09. The first-order valence-corrected chi connectivity index (χ1v) is 6.15. The number of aromatic nitrogens is 1. The molecule has 0 aliphatic rings. The summed E-state index contributed by atoms with van der Waals surface area (Å²) in [5, 5.41) is 8.56. The van der Waals surface area contributed by atoms with Crippen molar-refractivity contribution in [1.29, 1.82) is 0 Å². The average molecular weight is 230 g/mol. The molecule has 0 radical (unpaired) electrons. The van der Waals surface area contributed by atoms with E-state index in [-0.39, 0.29) is 5.75 Å². The van der Waals surface area contributed by atoms with Crippen molar-refractivity contribution < 1.29 is 13.5 Å². The quantitative estimate of drug-likeness (QED) is 0.786. The predicted octanol–water partition coefficient (Wildman–Crippen LogP) is 0.432. The van der Waals surface area contributed by atoms with E-state index in [1.807, 2.05) is 6.92 Å². The zero-order valence-corrected chi connectivity index (χ0v) is 9.50. The molecule has 0 saturated heterocycles. The van der Waals surface area contributed by atoms with Crippen LogP contribution in [0.15, 0.2) is 12.1 Å². The van der Waals surface area contributed by atoms with Crippen molar-refractivity contribution in [1.82, 2.24) is 4.98 Å². The third kappa shape index (κ3) is 3.49. The Labute approximate surface area is 89.2 Å². The smallest absolute Gasteiger partial charge is 0.235 e. The Morgan fingerprint density at radius 2 is 2.07 bits per heavy atom. The van der Waals surface area contributed by atoms with E-state index in [9.17, 15) is 8.42 Å². The van der Waals surface area contributed by atoms with Crippen molar-refractivity contribution in [2.75, 3.05) is 17.1 Å². The number of aliphatic hydroxyl groups excluding tert-OH is 1. The van der Waals surface area contributed by atoms with Gasteiger partial charge in [-0.1, -0.05) is 0 Å². The van der Waals surface area contributed by atoms with E-state index in [2.05, 4.69) is 9.71 Å². The van der Waals surface area contributed by atoms with Crippen molar-refractivity contribution in [3.63, 3.8) is 0 Å². The molecule has 1 rings (SSSR count). The second kappa shape index (κ2) is 4.59. The third-order valence-corrected chi connectivity index (χ3v) is 3.10. The molecule has 1 aromatic rings. The molecule has 0 aliphatic heterocycles. The van der Waals surface area contributed by atoms with Gasteiger partial charge < -0.3 is 5.11 Å². The molecule has 0 aromatic carbocycles. The first-order valence-electron chi connectivity index (χ1n) is 4.50. The van der Waals surface area contributed by atoms with Crippen LogP contribution < -0.4 is 4.72 Å². The zero-order chi connectivity index (χ0) is 11.5. The van der Waals surface area contributed by atoms with Gasteiger partial charge in [0.2, 0.25) is 10.0 Å². The van der Waals surface area contributed by atoms with Gasteiger partial charge in [0.05, 0.1) is 23.7 Å². The van der Waals surface area contributed by atoms with E-state index in [1.165, 1.54) is 0 Å². The molecule has 6 heteroatoms. The van der Waals surface area contributed by atoms with E-state index in [0.29, 0.717) is 11.4 Å². The van der Waals surface area contributed by atoms with Gasteiger partial charge in [0, 0.05) is 5.69 Å². The Bertz CT molecular complexity index is 443. The number of hydrogen-bond acceptors (Lipinski definition) is 4. The summed E-state index contributed by atoms with van der Waals surface area (Å²) in [6.07, 6.45) is 0. The molecule has 0 atom stereocenters. The van der Waals surface area contributed by atoms with Crippen LogP contribution in [0, 0.1) is 13.8 Å². The van der Waals surface area contributed by atoms with Crippen molar-refractivity contribution in [3.8, 4) is 0 Å². The molecule has 1 aromatic heterocycles. The molecule has 0 spiro atoms. The summed E-state index contributed by atoms with van der Waals surface area (Å²) in [4.78, 5) is 4.13. The second-order valence-corrected chi connectivity index (χ2v) is 5.07. The van der Waals surface area contributed by atoms with Gasteiger partial charge in [-0.05, 0) is 26.0 Å². The van der Waals surface area contributed by atoms with Crippen LogP contribution in [0.5, 0.6) is 0 Å². The zero-order valence-electron chi connectivity index (χ0n) is 8.69. The minimum atomic E-state index is -3.46. The highest BCUT2D eigenvalue weighted by atomic mass is 32.2. The maximum Gasteiger partial charge on any atom is 0.235 e. The minimum absolute atomic E-state index is 0.305. The molecule has 0 amide bonds. The van der Waals surface area contributed by atoms with Crippen LogP contribution >= 0.6 is 0 Å². The third-order valence-electron chi connectivity index (χ3n) is 1.85. The number of sulfonamides is 1. The van der Waals surface area contributed by atoms with Crippen LogP contribution in [-0.4, -0.2) is 30.9 Å². The first kappa shape index (κ1) is 11.9. The summed E-state index contributed by atoms with van der Waals surface area (Å²) in [5.41, 5.74) is 1.91. The molecule has 2 N–H and O–H groups in total. The van der Waals surface area contributed by atoms with Gasteiger partial charge in [-0.2, -0.15) is 0 Å². The topological polar surface area (TPSA) is 79.3 Å². The standard InChI is InChI=1S/C9H14N2O3S/c1-7-3-4-9(8(2)10-7)11-15(13,14)6-5-12/h3-4,11-12H,5-6H2,1-2H3. The van der Waals surface area contributed by atoms with E-state index in [1.54, 1.807) is 19.1 Å². The number of hydrogen-bond donors (Lipinski definition) is 2. The van der Waals surface area contributed by atoms with Crippen LogP contribution in [0.3, 0.4) is 0 Å². The summed E-state index contributed by atoms with van der Waals surface area (Å²) in [7, 11) is -3.46. The highest BCUT2D eigenvalue weighted by molar-refractivity contribution is 7.92. The number of aliphatic hydroxyl groups is 1. The molecular weight excluding hydrogens is 216 g/mol. The minimum Gasteiger partial charge on any atom is -0.395 e. The monoisotopic (exact) mass is 230 g/mol. The molecule has 0 fully saturated rings. The molecule has 0 saturated carbocycles. The lowest BCUT2D eigenvalue weighted by Gasteiger charge is -2.09. The van der Waals surface area contributed by atoms with Crippen LogP contribution in [0.25, 0.3) is 0 Å². The Kier molecular flexibility index (Phi) is 3.65. The van der Waals surface area contributed by atoms with Crippen LogP contribution in [-0.2, 0) is 10.0 Å². The largest absolute Gasteiger partial charge is 0.395 e. The Hall–Kier alpha value is -1.14. The second-order valence-electron chi connectivity index (χ2n) is 3.23. The lowest BCUT2D eigenvalue weighted by atomic mass is 10.3. The molecule has 15 heavy (non-hydrogen) atoms. The number of aryl methyl sites for hydroxylation is 2. The molecule has 1 heterocycles. The molecular formula is C9H14N2O3S. The van der Waals surface area contributed by atoms with Crippen molar-refractivity contribution in [2.45, 2.75) is 13.8 Å². The highest BCUT2D eigenvalue weighted by Gasteiger charge is 2.11. The summed E-state index contributed by atoms with van der Waals surface area (Å²) >= 11 is 0. The van der Waals surface area contributed by atoms with Crippen LogP contribution in [0.1, 0.15) is 11.4 Å². The number of nitrogens with zero attached hydrogens (tertiary/aromatic N) is 1. The highest BCUT2D eigenvalue weighted by Crippen LogP contribution is 2.14. The lowest BCUT2D eigenvalue weighted by Crippen LogP contribution is -2.19. The van der Waals surface area contributed by atoms with Gasteiger partial charge in [-0.25, -0.2) is 8.42 Å². The first-order chi connectivity index (χ1) is 6.94. The fourth-order valence-electron chi connectivity index (χ4n) is 1.13. The van der Waals surface area contributed by atoms with Gasteiger partial charge >= 0.3 is 0 Å². The van der Waals surface area contributed by atoms with Crippen molar-refractivity contribution in [3.05, 3.63) is 23.5 Å². The fourth-order valence-corrected chi connectivity index (χ4v) is 2.03. The van der Waals surface area contributed by atoms with Gasteiger partial charge in [0.1, 0.15) is 0 Å². The normalized spacial score (nSPS) is 11.4. The number of pyridine rings is 1. The molecule has 5 nitrogen and oxygen atoms in total. The molecule has 0 bridgehead atoms. The Balaban J connectivity index is 2.90. The summed E-state index contributed by atoms with van der Waals surface area (Å²) in [5.74, 6) is -0.305. The number of nitrogens with one attached hydrogen (secondary N) is 1. The maximum absolute atomic E-state index is 11.3. The lowest BCUT2D eigenvalue weighted by molar-refractivity contribution is 0.320. The van der Waals surface area contributed by atoms with Gasteiger partial charge in [0.25, 0.3) is 0 Å². The summed E-state index contributed by atoms with van der Waals surface area (Å²) < 4.78 is 25.0.